The molecule has 0 aliphatic carbocycles. The maximum absolute atomic E-state index is 11.1. The molecule has 4 nitrogen and oxygen atoms in total. The van der Waals surface area contributed by atoms with E-state index in [-0.39, 0.29) is 5.56 Å². The highest BCUT2D eigenvalue weighted by Gasteiger charge is 2.11. The summed E-state index contributed by atoms with van der Waals surface area (Å²) in [5.74, 6) is -1.02. The van der Waals surface area contributed by atoms with Crippen molar-refractivity contribution in [3.63, 3.8) is 0 Å². The SMILES string of the molecule is Cc1cc(NCc2ccc(Br)cc2)cc(C(=O)O)c1N. The summed E-state index contributed by atoms with van der Waals surface area (Å²) in [5.41, 5.74) is 8.81. The van der Waals surface area contributed by atoms with Crippen LogP contribution in [0.2, 0.25) is 0 Å². The second-order valence-corrected chi connectivity index (χ2v) is 5.46. The standard InChI is InChI=1S/C15H15BrN2O2/c1-9-6-12(7-13(14(9)17)15(19)20)18-8-10-2-4-11(16)5-3-10/h2-7,18H,8,17H2,1H3,(H,19,20). The van der Waals surface area contributed by atoms with Crippen LogP contribution in [0, 0.1) is 6.92 Å². The number of nitrogens with one attached hydrogen (secondary N) is 1. The van der Waals surface area contributed by atoms with Gasteiger partial charge in [-0.3, -0.25) is 0 Å². The van der Waals surface area contributed by atoms with Gasteiger partial charge in [0.05, 0.1) is 5.56 Å². The summed E-state index contributed by atoms with van der Waals surface area (Å²) in [6.45, 7) is 2.42. The number of anilines is 2. The van der Waals surface area contributed by atoms with Gasteiger partial charge in [-0.2, -0.15) is 0 Å². The van der Waals surface area contributed by atoms with E-state index in [9.17, 15) is 4.79 Å². The molecule has 2 aromatic rings. The van der Waals surface area contributed by atoms with Crippen molar-refractivity contribution in [2.24, 2.45) is 0 Å². The maximum Gasteiger partial charge on any atom is 0.337 e. The van der Waals surface area contributed by atoms with Gasteiger partial charge in [-0.05, 0) is 42.3 Å². The van der Waals surface area contributed by atoms with Crippen LogP contribution in [0.4, 0.5) is 11.4 Å². The lowest BCUT2D eigenvalue weighted by Gasteiger charge is -2.11. The van der Waals surface area contributed by atoms with E-state index in [1.54, 1.807) is 13.0 Å². The molecule has 2 aromatic carbocycles. The molecule has 0 bridgehead atoms. The van der Waals surface area contributed by atoms with Crippen molar-refractivity contribution in [3.8, 4) is 0 Å². The number of nitrogens with two attached hydrogens (primary N) is 1. The van der Waals surface area contributed by atoms with Crippen molar-refractivity contribution in [2.45, 2.75) is 13.5 Å². The van der Waals surface area contributed by atoms with Gasteiger partial charge in [0.15, 0.2) is 0 Å². The molecule has 4 N–H and O–H groups in total. The van der Waals surface area contributed by atoms with E-state index < -0.39 is 5.97 Å². The van der Waals surface area contributed by atoms with Crippen LogP contribution in [0.25, 0.3) is 0 Å². The molecule has 0 aromatic heterocycles. The molecule has 2 rings (SSSR count). The molecular weight excluding hydrogens is 320 g/mol. The molecule has 0 atom stereocenters. The average Bonchev–Trinajstić information content (AvgIpc) is 2.41. The van der Waals surface area contributed by atoms with Crippen molar-refractivity contribution in [1.82, 2.24) is 0 Å². The monoisotopic (exact) mass is 334 g/mol. The first-order chi connectivity index (χ1) is 9.47. The first kappa shape index (κ1) is 14.4. The van der Waals surface area contributed by atoms with Crippen molar-refractivity contribution in [3.05, 3.63) is 57.6 Å². The molecule has 0 radical (unpaired) electrons. The summed E-state index contributed by atoms with van der Waals surface area (Å²) in [6.07, 6.45) is 0. The molecule has 0 saturated carbocycles. The topological polar surface area (TPSA) is 75.3 Å². The van der Waals surface area contributed by atoms with E-state index in [0.717, 1.165) is 21.3 Å². The van der Waals surface area contributed by atoms with Crippen molar-refractivity contribution in [2.75, 3.05) is 11.1 Å². The average molecular weight is 335 g/mol. The van der Waals surface area contributed by atoms with Gasteiger partial charge in [0.25, 0.3) is 0 Å². The molecule has 0 heterocycles. The van der Waals surface area contributed by atoms with Crippen LogP contribution in [0.15, 0.2) is 40.9 Å². The molecule has 0 unspecified atom stereocenters. The fourth-order valence-electron chi connectivity index (χ4n) is 1.88. The van der Waals surface area contributed by atoms with Gasteiger partial charge in [-0.15, -0.1) is 0 Å². The number of carboxylic acids is 1. The van der Waals surface area contributed by atoms with Gasteiger partial charge in [0.2, 0.25) is 0 Å². The van der Waals surface area contributed by atoms with Gasteiger partial charge in [-0.1, -0.05) is 28.1 Å². The Morgan fingerprint density at radius 1 is 1.30 bits per heavy atom. The smallest absolute Gasteiger partial charge is 0.337 e. The quantitative estimate of drug-likeness (QED) is 0.746. The zero-order valence-corrected chi connectivity index (χ0v) is 12.6. The Bertz CT molecular complexity index is 639. The number of halogens is 1. The third-order valence-corrected chi connectivity index (χ3v) is 3.56. The van der Waals surface area contributed by atoms with E-state index in [1.165, 1.54) is 0 Å². The predicted molar refractivity (Wildman–Crippen MR) is 84.0 cm³/mol. The number of hydrogen-bond acceptors (Lipinski definition) is 3. The Labute approximate surface area is 125 Å². The van der Waals surface area contributed by atoms with Gasteiger partial charge >= 0.3 is 5.97 Å². The second-order valence-electron chi connectivity index (χ2n) is 4.54. The Kier molecular flexibility index (Phi) is 4.29. The number of benzene rings is 2. The normalized spacial score (nSPS) is 10.3. The molecule has 0 saturated heterocycles. The minimum absolute atomic E-state index is 0.128. The molecule has 104 valence electrons. The van der Waals surface area contributed by atoms with Gasteiger partial charge in [0.1, 0.15) is 0 Å². The fourth-order valence-corrected chi connectivity index (χ4v) is 2.15. The van der Waals surface area contributed by atoms with Gasteiger partial charge < -0.3 is 16.2 Å². The number of nitrogen functional groups attached to an aromatic ring is 1. The zero-order chi connectivity index (χ0) is 14.7. The fraction of sp³-hybridized carbons (Fsp3) is 0.133. The van der Waals surface area contributed by atoms with Crippen LogP contribution in [0.3, 0.4) is 0 Å². The number of carbonyl (C=O) groups is 1. The van der Waals surface area contributed by atoms with Crippen LogP contribution in [-0.4, -0.2) is 11.1 Å². The number of rotatable bonds is 4. The molecule has 0 aliphatic heterocycles. The van der Waals surface area contributed by atoms with E-state index >= 15 is 0 Å². The van der Waals surface area contributed by atoms with Crippen LogP contribution >= 0.6 is 15.9 Å². The highest BCUT2D eigenvalue weighted by molar-refractivity contribution is 9.10. The molecule has 5 heteroatoms. The number of hydrogen-bond donors (Lipinski definition) is 3. The van der Waals surface area contributed by atoms with Crippen LogP contribution in [0.5, 0.6) is 0 Å². The lowest BCUT2D eigenvalue weighted by Crippen LogP contribution is -2.07. The first-order valence-electron chi connectivity index (χ1n) is 6.09. The summed E-state index contributed by atoms with van der Waals surface area (Å²) in [7, 11) is 0. The first-order valence-corrected chi connectivity index (χ1v) is 6.88. The highest BCUT2D eigenvalue weighted by Crippen LogP contribution is 2.23. The van der Waals surface area contributed by atoms with Crippen molar-refractivity contribution >= 4 is 33.3 Å². The summed E-state index contributed by atoms with van der Waals surface area (Å²) in [4.78, 5) is 11.1. The largest absolute Gasteiger partial charge is 0.478 e. The summed E-state index contributed by atoms with van der Waals surface area (Å²) in [5, 5.41) is 12.3. The molecule has 0 spiro atoms. The van der Waals surface area contributed by atoms with Crippen molar-refractivity contribution in [1.29, 1.82) is 0 Å². The minimum atomic E-state index is -1.02. The molecular formula is C15H15BrN2O2. The number of aryl methyl sites for hydroxylation is 1. The highest BCUT2D eigenvalue weighted by atomic mass is 79.9. The predicted octanol–water partition coefficient (Wildman–Crippen LogP) is 3.65. The summed E-state index contributed by atoms with van der Waals surface area (Å²) in [6, 6.07) is 11.3. The summed E-state index contributed by atoms with van der Waals surface area (Å²) < 4.78 is 1.03. The van der Waals surface area contributed by atoms with E-state index in [0.29, 0.717) is 12.2 Å². The molecule has 20 heavy (non-hydrogen) atoms. The molecule has 0 amide bonds. The Hall–Kier alpha value is -2.01. The zero-order valence-electron chi connectivity index (χ0n) is 11.0. The lowest BCUT2D eigenvalue weighted by atomic mass is 10.1. The Balaban J connectivity index is 2.17. The molecule has 0 aliphatic rings. The van der Waals surface area contributed by atoms with E-state index in [4.69, 9.17) is 10.8 Å². The van der Waals surface area contributed by atoms with Crippen molar-refractivity contribution < 1.29 is 9.90 Å². The van der Waals surface area contributed by atoms with Gasteiger partial charge in [0, 0.05) is 22.4 Å². The Morgan fingerprint density at radius 2 is 1.95 bits per heavy atom. The Morgan fingerprint density at radius 3 is 2.55 bits per heavy atom. The van der Waals surface area contributed by atoms with Gasteiger partial charge in [-0.25, -0.2) is 4.79 Å². The lowest BCUT2D eigenvalue weighted by molar-refractivity contribution is 0.0698. The molecule has 0 fully saturated rings. The second kappa shape index (κ2) is 5.96. The third-order valence-electron chi connectivity index (χ3n) is 3.03. The summed E-state index contributed by atoms with van der Waals surface area (Å²) >= 11 is 3.38. The van der Waals surface area contributed by atoms with Crippen LogP contribution in [-0.2, 0) is 6.54 Å². The van der Waals surface area contributed by atoms with E-state index in [2.05, 4.69) is 21.2 Å². The number of aromatic carboxylic acids is 1. The minimum Gasteiger partial charge on any atom is -0.478 e. The van der Waals surface area contributed by atoms with Crippen LogP contribution < -0.4 is 11.1 Å². The number of carboxylic acid groups (broad SMARTS) is 1. The third kappa shape index (κ3) is 3.30. The van der Waals surface area contributed by atoms with Crippen LogP contribution in [0.1, 0.15) is 21.5 Å². The maximum atomic E-state index is 11.1. The van der Waals surface area contributed by atoms with E-state index in [1.807, 2.05) is 30.3 Å².